The highest BCUT2D eigenvalue weighted by atomic mass is 16.5. The number of aromatic nitrogens is 3. The number of rotatable bonds is 3. The zero-order valence-corrected chi connectivity index (χ0v) is 14.0. The molecule has 124 valence electrons. The molecular weight excluding hydrogens is 314 g/mol. The minimum atomic E-state index is -0.103. The Morgan fingerprint density at radius 2 is 1.72 bits per heavy atom. The van der Waals surface area contributed by atoms with Crippen molar-refractivity contribution in [1.82, 2.24) is 14.6 Å². The summed E-state index contributed by atoms with van der Waals surface area (Å²) in [5.74, 6) is 0.788. The summed E-state index contributed by atoms with van der Waals surface area (Å²) >= 11 is 0. The van der Waals surface area contributed by atoms with E-state index in [9.17, 15) is 4.79 Å². The van der Waals surface area contributed by atoms with Gasteiger partial charge in [0.05, 0.1) is 18.4 Å². The van der Waals surface area contributed by atoms with Crippen molar-refractivity contribution < 1.29 is 4.74 Å². The van der Waals surface area contributed by atoms with Crippen molar-refractivity contribution in [2.24, 2.45) is 0 Å². The molecule has 0 spiro atoms. The maximum Gasteiger partial charge on any atom is 0.280 e. The van der Waals surface area contributed by atoms with Gasteiger partial charge in [-0.25, -0.2) is 9.50 Å². The smallest absolute Gasteiger partial charge is 0.280 e. The van der Waals surface area contributed by atoms with Crippen molar-refractivity contribution in [3.8, 4) is 28.0 Å². The van der Waals surface area contributed by atoms with Gasteiger partial charge in [0.15, 0.2) is 5.65 Å². The molecule has 2 aromatic carbocycles. The Morgan fingerprint density at radius 3 is 2.40 bits per heavy atom. The normalized spacial score (nSPS) is 11.0. The van der Waals surface area contributed by atoms with E-state index in [0.29, 0.717) is 16.9 Å². The summed E-state index contributed by atoms with van der Waals surface area (Å²) in [5, 5.41) is 3.03. The van der Waals surface area contributed by atoms with E-state index in [2.05, 4.69) is 5.10 Å². The number of aromatic amines is 1. The predicted octanol–water partition coefficient (Wildman–Crippen LogP) is 3.67. The number of benzene rings is 2. The Hall–Kier alpha value is -3.34. The molecule has 5 heteroatoms. The first-order chi connectivity index (χ1) is 12.2. The Kier molecular flexibility index (Phi) is 3.61. The van der Waals surface area contributed by atoms with Crippen molar-refractivity contribution >= 4 is 5.65 Å². The molecular formula is C20H17N3O2. The van der Waals surface area contributed by atoms with E-state index in [0.717, 1.165) is 22.4 Å². The summed E-state index contributed by atoms with van der Waals surface area (Å²) in [6.07, 6.45) is 1.81. The standard InChI is InChI=1S/C20H17N3O2/c1-13-18(15-6-4-3-5-7-15)20(24)23-19(22-13)17(12-21-23)14-8-10-16(25-2)11-9-14/h3-12,21H,1-2H3. The van der Waals surface area contributed by atoms with Gasteiger partial charge < -0.3 is 4.74 Å². The molecule has 0 saturated carbocycles. The van der Waals surface area contributed by atoms with Crippen LogP contribution in [0.1, 0.15) is 5.69 Å². The summed E-state index contributed by atoms with van der Waals surface area (Å²) in [7, 11) is 1.64. The van der Waals surface area contributed by atoms with Crippen LogP contribution in [0.2, 0.25) is 0 Å². The number of hydrogen-bond donors (Lipinski definition) is 1. The number of fused-ring (bicyclic) bond motifs is 1. The van der Waals surface area contributed by atoms with Crippen molar-refractivity contribution in [2.75, 3.05) is 7.11 Å². The Bertz CT molecular complexity index is 1090. The van der Waals surface area contributed by atoms with Crippen molar-refractivity contribution in [3.63, 3.8) is 0 Å². The van der Waals surface area contributed by atoms with Crippen molar-refractivity contribution in [3.05, 3.63) is 76.8 Å². The molecule has 0 aliphatic carbocycles. The molecule has 0 aliphatic heterocycles. The minimum Gasteiger partial charge on any atom is -0.497 e. The zero-order valence-electron chi connectivity index (χ0n) is 14.0. The van der Waals surface area contributed by atoms with Gasteiger partial charge in [0.25, 0.3) is 5.56 Å². The fourth-order valence-corrected chi connectivity index (χ4v) is 3.04. The number of ether oxygens (including phenoxy) is 1. The van der Waals surface area contributed by atoms with Gasteiger partial charge in [0.1, 0.15) is 5.75 Å². The van der Waals surface area contributed by atoms with E-state index in [4.69, 9.17) is 9.72 Å². The van der Waals surface area contributed by atoms with Gasteiger partial charge in [-0.3, -0.25) is 9.89 Å². The number of H-pyrrole nitrogens is 1. The van der Waals surface area contributed by atoms with Gasteiger partial charge in [-0.1, -0.05) is 42.5 Å². The van der Waals surface area contributed by atoms with E-state index >= 15 is 0 Å². The third kappa shape index (κ3) is 2.50. The first-order valence-corrected chi connectivity index (χ1v) is 7.99. The SMILES string of the molecule is COc1ccc(-c2c[nH]n3c(=O)c(-c4ccccc4)c(C)nc23)cc1. The Morgan fingerprint density at radius 1 is 1.00 bits per heavy atom. The van der Waals surface area contributed by atoms with Crippen LogP contribution >= 0.6 is 0 Å². The van der Waals surface area contributed by atoms with E-state index in [1.165, 1.54) is 4.52 Å². The van der Waals surface area contributed by atoms with Crippen LogP contribution in [0.3, 0.4) is 0 Å². The van der Waals surface area contributed by atoms with Gasteiger partial charge in [0.2, 0.25) is 0 Å². The van der Waals surface area contributed by atoms with Crippen LogP contribution in [0.15, 0.2) is 65.6 Å². The van der Waals surface area contributed by atoms with E-state index in [-0.39, 0.29) is 5.56 Å². The fraction of sp³-hybridized carbons (Fsp3) is 0.100. The highest BCUT2D eigenvalue weighted by molar-refractivity contribution is 5.78. The van der Waals surface area contributed by atoms with Crippen LogP contribution in [-0.4, -0.2) is 21.7 Å². The van der Waals surface area contributed by atoms with Gasteiger partial charge in [-0.15, -0.1) is 0 Å². The Balaban J connectivity index is 1.92. The predicted molar refractivity (Wildman–Crippen MR) is 98.0 cm³/mol. The maximum absolute atomic E-state index is 13.0. The van der Waals surface area contributed by atoms with Crippen LogP contribution in [0.25, 0.3) is 27.9 Å². The van der Waals surface area contributed by atoms with Gasteiger partial charge in [-0.05, 0) is 30.2 Å². The average Bonchev–Trinajstić information content (AvgIpc) is 3.07. The second kappa shape index (κ2) is 5.94. The summed E-state index contributed by atoms with van der Waals surface area (Å²) in [4.78, 5) is 17.7. The van der Waals surface area contributed by atoms with Gasteiger partial charge in [-0.2, -0.15) is 0 Å². The molecule has 0 unspecified atom stereocenters. The topological polar surface area (TPSA) is 59.4 Å². The molecule has 2 heterocycles. The van der Waals surface area contributed by atoms with Crippen molar-refractivity contribution in [2.45, 2.75) is 6.92 Å². The second-order valence-corrected chi connectivity index (χ2v) is 5.82. The average molecular weight is 331 g/mol. The maximum atomic E-state index is 13.0. The summed E-state index contributed by atoms with van der Waals surface area (Å²) < 4.78 is 6.69. The number of methoxy groups -OCH3 is 1. The molecule has 1 N–H and O–H groups in total. The lowest BCUT2D eigenvalue weighted by Gasteiger charge is -2.07. The highest BCUT2D eigenvalue weighted by Gasteiger charge is 2.16. The molecule has 0 saturated heterocycles. The lowest BCUT2D eigenvalue weighted by molar-refractivity contribution is 0.415. The minimum absolute atomic E-state index is 0.103. The van der Waals surface area contributed by atoms with Gasteiger partial charge >= 0.3 is 0 Å². The first kappa shape index (κ1) is 15.2. The van der Waals surface area contributed by atoms with Gasteiger partial charge in [0, 0.05) is 11.8 Å². The number of hydrogen-bond acceptors (Lipinski definition) is 3. The molecule has 4 rings (SSSR count). The van der Waals surface area contributed by atoms with E-state index < -0.39 is 0 Å². The monoisotopic (exact) mass is 331 g/mol. The summed E-state index contributed by atoms with van der Waals surface area (Å²) in [5.41, 5.74) is 4.56. The molecule has 0 amide bonds. The van der Waals surface area contributed by atoms with Crippen LogP contribution in [-0.2, 0) is 0 Å². The van der Waals surface area contributed by atoms with Crippen molar-refractivity contribution in [1.29, 1.82) is 0 Å². The molecule has 0 fully saturated rings. The molecule has 4 aromatic rings. The quantitative estimate of drug-likeness (QED) is 0.623. The zero-order chi connectivity index (χ0) is 17.4. The number of aryl methyl sites for hydroxylation is 1. The van der Waals surface area contributed by atoms with Crippen LogP contribution < -0.4 is 10.3 Å². The molecule has 2 aromatic heterocycles. The van der Waals surface area contributed by atoms with Crippen LogP contribution in [0.4, 0.5) is 0 Å². The Labute approximate surface area is 144 Å². The fourth-order valence-electron chi connectivity index (χ4n) is 3.04. The summed E-state index contributed by atoms with van der Waals surface area (Å²) in [6.45, 7) is 1.87. The molecule has 0 bridgehead atoms. The third-order valence-electron chi connectivity index (χ3n) is 4.31. The third-order valence-corrected chi connectivity index (χ3v) is 4.31. The molecule has 0 aliphatic rings. The molecule has 5 nitrogen and oxygen atoms in total. The second-order valence-electron chi connectivity index (χ2n) is 5.82. The number of nitrogens with one attached hydrogen (secondary N) is 1. The lowest BCUT2D eigenvalue weighted by atomic mass is 10.1. The largest absolute Gasteiger partial charge is 0.497 e. The lowest BCUT2D eigenvalue weighted by Crippen LogP contribution is -2.19. The molecule has 25 heavy (non-hydrogen) atoms. The highest BCUT2D eigenvalue weighted by Crippen LogP contribution is 2.26. The van der Waals surface area contributed by atoms with E-state index in [1.807, 2.05) is 61.5 Å². The number of nitrogens with zero attached hydrogens (tertiary/aromatic N) is 2. The molecule has 0 atom stereocenters. The molecule has 0 radical (unpaired) electrons. The van der Waals surface area contributed by atoms with E-state index in [1.54, 1.807) is 13.3 Å². The first-order valence-electron chi connectivity index (χ1n) is 7.99. The van der Waals surface area contributed by atoms with Crippen LogP contribution in [0.5, 0.6) is 5.75 Å². The van der Waals surface area contributed by atoms with Crippen LogP contribution in [0, 0.1) is 6.92 Å². The summed E-state index contributed by atoms with van der Waals surface area (Å²) in [6, 6.07) is 17.3.